The lowest BCUT2D eigenvalue weighted by molar-refractivity contribution is -0.117. The zero-order valence-corrected chi connectivity index (χ0v) is 9.38. The molecule has 0 spiro atoms. The maximum atomic E-state index is 13.2. The monoisotopic (exact) mass is 268 g/mol. The zero-order chi connectivity index (χ0) is 14.0. The van der Waals surface area contributed by atoms with Crippen molar-refractivity contribution in [3.05, 3.63) is 29.1 Å². The number of anilines is 1. The van der Waals surface area contributed by atoms with Crippen molar-refractivity contribution in [1.29, 1.82) is 0 Å². The average molecular weight is 268 g/mol. The molecular weight excluding hydrogens is 259 g/mol. The summed E-state index contributed by atoms with van der Waals surface area (Å²) in [7, 11) is 1.39. The second kappa shape index (κ2) is 5.30. The van der Waals surface area contributed by atoms with Crippen LogP contribution in [0.2, 0.25) is 0 Å². The van der Waals surface area contributed by atoms with Crippen LogP contribution in [-0.4, -0.2) is 19.0 Å². The molecule has 1 aromatic rings. The van der Waals surface area contributed by atoms with Crippen LogP contribution in [0.15, 0.2) is 0 Å². The molecule has 8 heteroatoms. The smallest absolute Gasteiger partial charge is 0.241 e. The molecule has 0 aliphatic rings. The molecule has 0 bridgehead atoms. The van der Waals surface area contributed by atoms with Crippen LogP contribution in [0.5, 0.6) is 0 Å². The van der Waals surface area contributed by atoms with Crippen LogP contribution in [0, 0.1) is 29.1 Å². The van der Waals surface area contributed by atoms with Crippen LogP contribution < -0.4 is 10.6 Å². The number of carbonyl (C=O) groups excluding carboxylic acids is 1. The van der Waals surface area contributed by atoms with E-state index in [1.165, 1.54) is 14.0 Å². The van der Waals surface area contributed by atoms with E-state index in [1.54, 1.807) is 5.32 Å². The molecular formula is C10H9F5N2O. The first-order valence-electron chi connectivity index (χ1n) is 4.80. The number of hydrogen-bond acceptors (Lipinski definition) is 2. The van der Waals surface area contributed by atoms with E-state index in [1.807, 2.05) is 0 Å². The van der Waals surface area contributed by atoms with Crippen molar-refractivity contribution < 1.29 is 26.7 Å². The lowest BCUT2D eigenvalue weighted by atomic mass is 10.2. The van der Waals surface area contributed by atoms with Gasteiger partial charge in [-0.15, -0.1) is 0 Å². The summed E-state index contributed by atoms with van der Waals surface area (Å²) in [5.74, 6) is -11.6. The SMILES string of the molecule is CNC(C)C(=O)Nc1c(F)c(F)c(F)c(F)c1F. The van der Waals surface area contributed by atoms with Crippen molar-refractivity contribution in [2.24, 2.45) is 0 Å². The van der Waals surface area contributed by atoms with E-state index in [-0.39, 0.29) is 0 Å². The van der Waals surface area contributed by atoms with E-state index in [0.717, 1.165) is 0 Å². The summed E-state index contributed by atoms with van der Waals surface area (Å²) in [5.41, 5.74) is -1.36. The van der Waals surface area contributed by atoms with Gasteiger partial charge in [-0.1, -0.05) is 0 Å². The van der Waals surface area contributed by atoms with Gasteiger partial charge in [0.05, 0.1) is 6.04 Å². The Hall–Kier alpha value is -1.70. The standard InChI is InChI=1S/C10H9F5N2O/c1-3(16-2)10(18)17-9-7(14)5(12)4(11)6(13)8(9)15/h3,16H,1-2H3,(H,17,18). The number of rotatable bonds is 3. The second-order valence-electron chi connectivity index (χ2n) is 3.44. The third-order valence-corrected chi connectivity index (χ3v) is 2.28. The lowest BCUT2D eigenvalue weighted by Crippen LogP contribution is -2.36. The summed E-state index contributed by atoms with van der Waals surface area (Å²) in [4.78, 5) is 11.3. The van der Waals surface area contributed by atoms with Crippen LogP contribution >= 0.6 is 0 Å². The first-order chi connectivity index (χ1) is 8.31. The van der Waals surface area contributed by atoms with Gasteiger partial charge in [-0.25, -0.2) is 22.0 Å². The minimum atomic E-state index is -2.27. The highest BCUT2D eigenvalue weighted by Gasteiger charge is 2.27. The van der Waals surface area contributed by atoms with E-state index in [4.69, 9.17) is 0 Å². The molecule has 1 atom stereocenters. The minimum Gasteiger partial charge on any atom is -0.320 e. The Bertz CT molecular complexity index is 463. The fourth-order valence-corrected chi connectivity index (χ4v) is 1.08. The van der Waals surface area contributed by atoms with Crippen LogP contribution in [-0.2, 0) is 4.79 Å². The van der Waals surface area contributed by atoms with E-state index in [0.29, 0.717) is 0 Å². The van der Waals surface area contributed by atoms with E-state index in [2.05, 4.69) is 5.32 Å². The Kier molecular flexibility index (Phi) is 4.23. The molecule has 0 aromatic heterocycles. The molecule has 1 rings (SSSR count). The Morgan fingerprint density at radius 2 is 1.33 bits per heavy atom. The molecule has 0 fully saturated rings. The molecule has 100 valence electrons. The number of amides is 1. The largest absolute Gasteiger partial charge is 0.320 e. The van der Waals surface area contributed by atoms with Crippen LogP contribution in [0.3, 0.4) is 0 Å². The first-order valence-corrected chi connectivity index (χ1v) is 4.80. The molecule has 1 unspecified atom stereocenters. The van der Waals surface area contributed by atoms with Crippen LogP contribution in [0.1, 0.15) is 6.92 Å². The minimum absolute atomic E-state index is 0.861. The predicted octanol–water partition coefficient (Wildman–Crippen LogP) is 1.93. The van der Waals surface area contributed by atoms with Crippen LogP contribution in [0.25, 0.3) is 0 Å². The molecule has 0 radical (unpaired) electrons. The van der Waals surface area contributed by atoms with Crippen molar-refractivity contribution in [1.82, 2.24) is 5.32 Å². The van der Waals surface area contributed by atoms with Crippen molar-refractivity contribution in [2.75, 3.05) is 12.4 Å². The van der Waals surface area contributed by atoms with Gasteiger partial charge in [0.15, 0.2) is 23.3 Å². The summed E-state index contributed by atoms with van der Waals surface area (Å²) >= 11 is 0. The molecule has 2 N–H and O–H groups in total. The number of halogens is 5. The fourth-order valence-electron chi connectivity index (χ4n) is 1.08. The van der Waals surface area contributed by atoms with Gasteiger partial charge in [-0.05, 0) is 14.0 Å². The summed E-state index contributed by atoms with van der Waals surface area (Å²) in [6.45, 7) is 1.35. The van der Waals surface area contributed by atoms with Gasteiger partial charge >= 0.3 is 0 Å². The Morgan fingerprint density at radius 1 is 0.944 bits per heavy atom. The summed E-state index contributed by atoms with van der Waals surface area (Å²) in [6, 6.07) is -0.861. The van der Waals surface area contributed by atoms with Gasteiger partial charge in [0.25, 0.3) is 0 Å². The Morgan fingerprint density at radius 3 is 1.72 bits per heavy atom. The molecule has 1 aromatic carbocycles. The number of likely N-dealkylation sites (N-methyl/N-ethyl adjacent to an activating group) is 1. The van der Waals surface area contributed by atoms with E-state index < -0.39 is 46.7 Å². The number of carbonyl (C=O) groups is 1. The molecule has 3 nitrogen and oxygen atoms in total. The van der Waals surface area contributed by atoms with Crippen molar-refractivity contribution >= 4 is 11.6 Å². The fraction of sp³-hybridized carbons (Fsp3) is 0.300. The Balaban J connectivity index is 3.22. The third kappa shape index (κ3) is 2.42. The van der Waals surface area contributed by atoms with Gasteiger partial charge in [0.2, 0.25) is 11.7 Å². The predicted molar refractivity (Wildman–Crippen MR) is 53.4 cm³/mol. The van der Waals surface area contributed by atoms with Gasteiger partial charge in [0.1, 0.15) is 5.69 Å². The summed E-state index contributed by atoms with van der Waals surface area (Å²) in [5, 5.41) is 4.09. The van der Waals surface area contributed by atoms with Gasteiger partial charge < -0.3 is 10.6 Å². The highest BCUT2D eigenvalue weighted by Crippen LogP contribution is 2.27. The van der Waals surface area contributed by atoms with Gasteiger partial charge in [-0.2, -0.15) is 0 Å². The first kappa shape index (κ1) is 14.4. The van der Waals surface area contributed by atoms with Crippen molar-refractivity contribution in [3.8, 4) is 0 Å². The van der Waals surface area contributed by atoms with Crippen molar-refractivity contribution in [3.63, 3.8) is 0 Å². The highest BCUT2D eigenvalue weighted by molar-refractivity contribution is 5.94. The number of hydrogen-bond donors (Lipinski definition) is 2. The molecule has 0 aliphatic carbocycles. The normalized spacial score (nSPS) is 12.4. The molecule has 0 heterocycles. The van der Waals surface area contributed by atoms with Crippen molar-refractivity contribution in [2.45, 2.75) is 13.0 Å². The summed E-state index contributed by atoms with van der Waals surface area (Å²) in [6.07, 6.45) is 0. The van der Waals surface area contributed by atoms with E-state index in [9.17, 15) is 26.7 Å². The molecule has 0 aliphatic heterocycles. The van der Waals surface area contributed by atoms with E-state index >= 15 is 0 Å². The highest BCUT2D eigenvalue weighted by atomic mass is 19.2. The zero-order valence-electron chi connectivity index (χ0n) is 9.38. The lowest BCUT2D eigenvalue weighted by Gasteiger charge is -2.13. The Labute approximate surface area is 99.0 Å². The molecule has 0 saturated heterocycles. The summed E-state index contributed by atoms with van der Waals surface area (Å²) < 4.78 is 64.7. The maximum Gasteiger partial charge on any atom is 0.241 e. The topological polar surface area (TPSA) is 41.1 Å². The van der Waals surface area contributed by atoms with Gasteiger partial charge in [-0.3, -0.25) is 4.79 Å². The molecule has 0 saturated carbocycles. The molecule has 18 heavy (non-hydrogen) atoms. The van der Waals surface area contributed by atoms with Gasteiger partial charge in [0, 0.05) is 0 Å². The average Bonchev–Trinajstić information content (AvgIpc) is 2.37. The third-order valence-electron chi connectivity index (χ3n) is 2.28. The maximum absolute atomic E-state index is 13.2. The number of nitrogens with one attached hydrogen (secondary N) is 2. The van der Waals surface area contributed by atoms with Crippen LogP contribution in [0.4, 0.5) is 27.6 Å². The molecule has 1 amide bonds. The number of benzene rings is 1. The quantitative estimate of drug-likeness (QED) is 0.499. The second-order valence-corrected chi connectivity index (χ2v) is 3.44.